The van der Waals surface area contributed by atoms with E-state index in [9.17, 15) is 20.3 Å². The van der Waals surface area contributed by atoms with Gasteiger partial charge in [-0.1, -0.05) is 11.6 Å². The van der Waals surface area contributed by atoms with Crippen molar-refractivity contribution in [2.75, 3.05) is 7.11 Å². The smallest absolute Gasteiger partial charge is 0.316 e. The number of phenols is 2. The highest BCUT2D eigenvalue weighted by Crippen LogP contribution is 2.45. The second kappa shape index (κ2) is 3.59. The van der Waals surface area contributed by atoms with Crippen LogP contribution in [-0.4, -0.2) is 22.2 Å². The first-order valence-electron chi connectivity index (χ1n) is 3.41. The maximum absolute atomic E-state index is 10.4. The van der Waals surface area contributed by atoms with Crippen molar-refractivity contribution in [3.05, 3.63) is 21.2 Å². The van der Waals surface area contributed by atoms with Gasteiger partial charge in [0.1, 0.15) is 5.02 Å². The predicted molar refractivity (Wildman–Crippen MR) is 48.0 cm³/mol. The number of rotatable bonds is 2. The van der Waals surface area contributed by atoms with Crippen molar-refractivity contribution in [3.63, 3.8) is 0 Å². The second-order valence-corrected chi connectivity index (χ2v) is 2.74. The molecular formula is C7H6ClNO5. The Labute approximate surface area is 83.5 Å². The molecule has 0 atom stereocenters. The van der Waals surface area contributed by atoms with Gasteiger partial charge < -0.3 is 14.9 Å². The number of nitro benzene ring substituents is 1. The van der Waals surface area contributed by atoms with Gasteiger partial charge in [0.05, 0.1) is 18.1 Å². The summed E-state index contributed by atoms with van der Waals surface area (Å²) in [7, 11) is 1.21. The fourth-order valence-electron chi connectivity index (χ4n) is 0.888. The van der Waals surface area contributed by atoms with Crippen molar-refractivity contribution in [1.82, 2.24) is 0 Å². The number of hydrogen-bond acceptors (Lipinski definition) is 5. The van der Waals surface area contributed by atoms with Crippen LogP contribution in [0.15, 0.2) is 6.07 Å². The summed E-state index contributed by atoms with van der Waals surface area (Å²) in [4.78, 5) is 9.57. The van der Waals surface area contributed by atoms with Crippen LogP contribution in [0.3, 0.4) is 0 Å². The molecule has 1 aromatic rings. The maximum atomic E-state index is 10.4. The van der Waals surface area contributed by atoms with Crippen LogP contribution in [0, 0.1) is 10.1 Å². The third-order valence-electron chi connectivity index (χ3n) is 1.58. The fourth-order valence-corrected chi connectivity index (χ4v) is 1.08. The molecule has 0 saturated carbocycles. The van der Waals surface area contributed by atoms with Gasteiger partial charge in [-0.05, 0) is 0 Å². The van der Waals surface area contributed by atoms with Gasteiger partial charge in [0.2, 0.25) is 5.75 Å². The van der Waals surface area contributed by atoms with Gasteiger partial charge in [0.25, 0.3) is 0 Å². The number of methoxy groups -OCH3 is 1. The number of aromatic hydroxyl groups is 2. The third kappa shape index (κ3) is 1.51. The molecule has 0 aliphatic heterocycles. The van der Waals surface area contributed by atoms with E-state index in [0.717, 1.165) is 6.07 Å². The highest BCUT2D eigenvalue weighted by Gasteiger charge is 2.23. The van der Waals surface area contributed by atoms with Crippen molar-refractivity contribution in [3.8, 4) is 17.2 Å². The molecule has 0 amide bonds. The Hall–Kier alpha value is -1.69. The molecule has 1 aromatic carbocycles. The molecule has 0 heterocycles. The molecule has 0 unspecified atom stereocenters. The number of nitrogens with zero attached hydrogens (tertiary/aromatic N) is 1. The highest BCUT2D eigenvalue weighted by molar-refractivity contribution is 6.34. The summed E-state index contributed by atoms with van der Waals surface area (Å²) in [6.45, 7) is 0. The molecule has 0 fully saturated rings. The first-order chi connectivity index (χ1) is 6.49. The number of phenolic OH excluding ortho intramolecular Hbond substituents is 2. The van der Waals surface area contributed by atoms with Crippen LogP contribution in [0.1, 0.15) is 0 Å². The van der Waals surface area contributed by atoms with Gasteiger partial charge >= 0.3 is 5.69 Å². The average molecular weight is 220 g/mol. The number of hydrogen-bond donors (Lipinski definition) is 2. The molecule has 0 saturated heterocycles. The van der Waals surface area contributed by atoms with Crippen LogP contribution in [0.25, 0.3) is 0 Å². The van der Waals surface area contributed by atoms with Gasteiger partial charge in [0.15, 0.2) is 11.5 Å². The predicted octanol–water partition coefficient (Wildman–Crippen LogP) is 1.67. The zero-order valence-corrected chi connectivity index (χ0v) is 7.78. The van der Waals surface area contributed by atoms with Crippen LogP contribution in [0.5, 0.6) is 17.2 Å². The molecule has 0 bridgehead atoms. The third-order valence-corrected chi connectivity index (χ3v) is 1.93. The van der Waals surface area contributed by atoms with Gasteiger partial charge in [0, 0.05) is 0 Å². The minimum Gasteiger partial charge on any atom is -0.503 e. The van der Waals surface area contributed by atoms with Crippen molar-refractivity contribution < 1.29 is 19.9 Å². The van der Waals surface area contributed by atoms with Crippen molar-refractivity contribution in [2.24, 2.45) is 0 Å². The van der Waals surface area contributed by atoms with Crippen LogP contribution in [0.4, 0.5) is 5.69 Å². The van der Waals surface area contributed by atoms with E-state index in [1.807, 2.05) is 0 Å². The summed E-state index contributed by atoms with van der Waals surface area (Å²) in [5, 5.41) is 28.3. The number of benzene rings is 1. The molecule has 1 rings (SSSR count). The average Bonchev–Trinajstić information content (AvgIpc) is 2.14. The van der Waals surface area contributed by atoms with Gasteiger partial charge in [-0.15, -0.1) is 0 Å². The van der Waals surface area contributed by atoms with E-state index >= 15 is 0 Å². The van der Waals surface area contributed by atoms with Crippen LogP contribution in [0.2, 0.25) is 5.02 Å². The van der Waals surface area contributed by atoms with Crippen molar-refractivity contribution >= 4 is 17.3 Å². The second-order valence-electron chi connectivity index (χ2n) is 2.37. The Morgan fingerprint density at radius 2 is 2.07 bits per heavy atom. The minimum absolute atomic E-state index is 0.167. The van der Waals surface area contributed by atoms with Gasteiger partial charge in [-0.25, -0.2) is 0 Å². The maximum Gasteiger partial charge on any atom is 0.316 e. The zero-order valence-electron chi connectivity index (χ0n) is 7.02. The monoisotopic (exact) mass is 219 g/mol. The summed E-state index contributed by atoms with van der Waals surface area (Å²) in [5.41, 5.74) is -0.621. The Balaban J connectivity index is 3.48. The van der Waals surface area contributed by atoms with Crippen molar-refractivity contribution in [1.29, 1.82) is 0 Å². The van der Waals surface area contributed by atoms with Crippen LogP contribution >= 0.6 is 11.6 Å². The quantitative estimate of drug-likeness (QED) is 0.583. The molecule has 7 heteroatoms. The Morgan fingerprint density at radius 1 is 1.50 bits per heavy atom. The summed E-state index contributed by atoms with van der Waals surface area (Å²) in [6, 6.07) is 0.885. The Morgan fingerprint density at radius 3 is 2.50 bits per heavy atom. The largest absolute Gasteiger partial charge is 0.503 e. The minimum atomic E-state index is -0.830. The standard InChI is InChI=1S/C7H6ClNO5/c1-14-4-2-3(9(12)13)6(10)5(8)7(4)11/h2,10-11H,1H3. The topological polar surface area (TPSA) is 92.8 Å². The summed E-state index contributed by atoms with van der Waals surface area (Å²) in [5.74, 6) is -1.48. The Bertz CT molecular complexity index is 392. The lowest BCUT2D eigenvalue weighted by Crippen LogP contribution is -1.92. The highest BCUT2D eigenvalue weighted by atomic mass is 35.5. The van der Waals surface area contributed by atoms with E-state index in [1.54, 1.807) is 0 Å². The number of ether oxygens (including phenoxy) is 1. The SMILES string of the molecule is COc1cc([N+](=O)[O-])c(O)c(Cl)c1O. The number of nitro groups is 1. The van der Waals surface area contributed by atoms with E-state index in [2.05, 4.69) is 4.74 Å². The molecule has 0 aromatic heterocycles. The lowest BCUT2D eigenvalue weighted by Gasteiger charge is -2.06. The van der Waals surface area contributed by atoms with Crippen LogP contribution in [-0.2, 0) is 0 Å². The summed E-state index contributed by atoms with van der Waals surface area (Å²) in [6.07, 6.45) is 0. The van der Waals surface area contributed by atoms with E-state index < -0.39 is 27.1 Å². The Kier molecular flexibility index (Phi) is 2.66. The molecule has 76 valence electrons. The van der Waals surface area contributed by atoms with Crippen molar-refractivity contribution in [2.45, 2.75) is 0 Å². The number of halogens is 1. The molecule has 6 nitrogen and oxygen atoms in total. The first kappa shape index (κ1) is 10.4. The molecular weight excluding hydrogens is 214 g/mol. The first-order valence-corrected chi connectivity index (χ1v) is 3.79. The molecule has 14 heavy (non-hydrogen) atoms. The van der Waals surface area contributed by atoms with Crippen LogP contribution < -0.4 is 4.74 Å². The van der Waals surface area contributed by atoms with E-state index in [0.29, 0.717) is 0 Å². The van der Waals surface area contributed by atoms with Gasteiger partial charge in [-0.3, -0.25) is 10.1 Å². The fraction of sp³-hybridized carbons (Fsp3) is 0.143. The molecule has 0 spiro atoms. The normalized spacial score (nSPS) is 9.86. The molecule has 0 aliphatic rings. The van der Waals surface area contributed by atoms with Gasteiger partial charge in [-0.2, -0.15) is 0 Å². The summed E-state index contributed by atoms with van der Waals surface area (Å²) < 4.78 is 4.62. The van der Waals surface area contributed by atoms with E-state index in [4.69, 9.17) is 11.6 Å². The lowest BCUT2D eigenvalue weighted by molar-refractivity contribution is -0.385. The summed E-state index contributed by atoms with van der Waals surface area (Å²) >= 11 is 5.43. The molecule has 0 aliphatic carbocycles. The van der Waals surface area contributed by atoms with E-state index in [-0.39, 0.29) is 5.75 Å². The molecule has 2 N–H and O–H groups in total. The van der Waals surface area contributed by atoms with E-state index in [1.165, 1.54) is 7.11 Å². The lowest BCUT2D eigenvalue weighted by atomic mass is 10.2. The zero-order chi connectivity index (χ0) is 10.9. The molecule has 0 radical (unpaired) electrons.